The van der Waals surface area contributed by atoms with Crippen LogP contribution in [-0.4, -0.2) is 41.3 Å². The first-order valence-electron chi connectivity index (χ1n) is 4.22. The van der Waals surface area contributed by atoms with Crippen LogP contribution in [0.1, 0.15) is 12.8 Å². The maximum Gasteiger partial charge on any atom is 0.320 e. The van der Waals surface area contributed by atoms with Gasteiger partial charge in [-0.05, 0) is 18.2 Å². The zero-order valence-electron chi connectivity index (χ0n) is 8.13. The molecule has 3 radical (unpaired) electrons. The fourth-order valence-corrected chi connectivity index (χ4v) is 1.28. The van der Waals surface area contributed by atoms with Gasteiger partial charge in [0.05, 0.1) is 5.60 Å². The van der Waals surface area contributed by atoms with Gasteiger partial charge in [-0.2, -0.15) is 0 Å². The predicted molar refractivity (Wildman–Crippen MR) is 55.4 cm³/mol. The number of allylic oxidation sites excluding steroid dienone is 1. The summed E-state index contributed by atoms with van der Waals surface area (Å²) in [7, 11) is 0. The van der Waals surface area contributed by atoms with Crippen molar-refractivity contribution in [2.45, 2.75) is 24.5 Å². The molecule has 0 bridgehead atoms. The minimum Gasteiger partial charge on any atom is -0.508 e. The molecule has 1 aliphatic carbocycles. The molecule has 0 amide bonds. The van der Waals surface area contributed by atoms with Crippen LogP contribution in [0.4, 0.5) is 0 Å². The van der Waals surface area contributed by atoms with Crippen molar-refractivity contribution in [3.8, 4) is 0 Å². The van der Waals surface area contributed by atoms with Crippen LogP contribution in [0.5, 0.6) is 0 Å². The molecule has 0 heterocycles. The number of carboxylic acid groups (broad SMARTS) is 1. The molecule has 5 nitrogen and oxygen atoms in total. The van der Waals surface area contributed by atoms with Crippen molar-refractivity contribution in [1.82, 2.24) is 0 Å². The summed E-state index contributed by atoms with van der Waals surface area (Å²) in [6.45, 7) is 0. The van der Waals surface area contributed by atoms with Crippen molar-refractivity contribution in [1.29, 1.82) is 0 Å². The van der Waals surface area contributed by atoms with E-state index in [9.17, 15) is 9.90 Å². The zero-order chi connectivity index (χ0) is 10.8. The summed E-state index contributed by atoms with van der Waals surface area (Å²) in [5, 5.41) is 27.4. The molecule has 0 saturated carbocycles. The number of aliphatic hydroxyl groups is 2. The monoisotopic (exact) mass is 210 g/mol. The van der Waals surface area contributed by atoms with Crippen LogP contribution in [0.25, 0.3) is 0 Å². The molecule has 0 aromatic rings. The van der Waals surface area contributed by atoms with E-state index in [0.29, 0.717) is 0 Å². The summed E-state index contributed by atoms with van der Waals surface area (Å²) < 4.78 is 0. The molecule has 81 valence electrons. The zero-order valence-corrected chi connectivity index (χ0v) is 8.13. The molecule has 0 saturated heterocycles. The van der Waals surface area contributed by atoms with Crippen LogP contribution in [0, 0.1) is 0 Å². The summed E-state index contributed by atoms with van der Waals surface area (Å²) in [6.07, 6.45) is 4.23. The van der Waals surface area contributed by atoms with Crippen LogP contribution in [0.2, 0.25) is 0 Å². The number of hydrogen-bond acceptors (Lipinski definition) is 4. The minimum absolute atomic E-state index is 0. The van der Waals surface area contributed by atoms with Crippen molar-refractivity contribution in [3.63, 3.8) is 0 Å². The first-order valence-corrected chi connectivity index (χ1v) is 4.22. The molecule has 0 aliphatic heterocycles. The number of rotatable bonds is 3. The number of aliphatic hydroxyl groups excluding tert-OH is 1. The Labute approximate surface area is 89.5 Å². The summed E-state index contributed by atoms with van der Waals surface area (Å²) >= 11 is 0. The molecular weight excluding hydrogens is 197 g/mol. The molecule has 0 aromatic heterocycles. The topological polar surface area (TPSA) is 104 Å². The van der Waals surface area contributed by atoms with Crippen molar-refractivity contribution in [3.05, 3.63) is 24.0 Å². The highest BCUT2D eigenvalue weighted by Gasteiger charge is 2.30. The van der Waals surface area contributed by atoms with Crippen molar-refractivity contribution < 1.29 is 20.1 Å². The maximum absolute atomic E-state index is 10.5. The third kappa shape index (κ3) is 3.77. The van der Waals surface area contributed by atoms with Gasteiger partial charge in [0, 0.05) is 21.3 Å². The predicted octanol–water partition coefficient (Wildman–Crippen LogP) is -0.460. The Morgan fingerprint density at radius 3 is 2.67 bits per heavy atom. The quantitative estimate of drug-likeness (QED) is 0.472. The fourth-order valence-electron chi connectivity index (χ4n) is 1.28. The highest BCUT2D eigenvalue weighted by Crippen LogP contribution is 2.24. The molecule has 1 rings (SSSR count). The molecule has 0 spiro atoms. The van der Waals surface area contributed by atoms with E-state index >= 15 is 0 Å². The van der Waals surface area contributed by atoms with Gasteiger partial charge in [0.2, 0.25) is 0 Å². The van der Waals surface area contributed by atoms with E-state index in [-0.39, 0.29) is 27.0 Å². The van der Waals surface area contributed by atoms with Crippen LogP contribution < -0.4 is 5.73 Å². The molecular formula is C9H13BNO4. The Hall–Kier alpha value is -1.27. The van der Waals surface area contributed by atoms with E-state index in [1.165, 1.54) is 18.2 Å². The lowest BCUT2D eigenvalue weighted by Crippen LogP contribution is -2.40. The van der Waals surface area contributed by atoms with Gasteiger partial charge in [0.25, 0.3) is 0 Å². The van der Waals surface area contributed by atoms with E-state index in [0.717, 1.165) is 0 Å². The maximum atomic E-state index is 10.5. The fraction of sp³-hybridized carbons (Fsp3) is 0.444. The number of carboxylic acids is 1. The number of aliphatic carboxylic acids is 1. The van der Waals surface area contributed by atoms with Crippen LogP contribution in [0.15, 0.2) is 24.0 Å². The van der Waals surface area contributed by atoms with E-state index in [4.69, 9.17) is 15.9 Å². The third-order valence-electron chi connectivity index (χ3n) is 2.12. The Morgan fingerprint density at radius 2 is 2.27 bits per heavy atom. The standard InChI is InChI=1S/C9H13NO4.B/c10-7(8(12)13)5-9(14)3-1-6(11)2-4-9;/h1-3,7,11,14H,4-5,10H2,(H,12,13);. The average Bonchev–Trinajstić information content (AvgIpc) is 2.10. The summed E-state index contributed by atoms with van der Waals surface area (Å²) in [4.78, 5) is 10.5. The van der Waals surface area contributed by atoms with Crippen molar-refractivity contribution in [2.24, 2.45) is 5.73 Å². The third-order valence-corrected chi connectivity index (χ3v) is 2.12. The molecule has 5 N–H and O–H groups in total. The molecule has 2 atom stereocenters. The van der Waals surface area contributed by atoms with Gasteiger partial charge in [0.15, 0.2) is 0 Å². The first-order chi connectivity index (χ1) is 6.43. The van der Waals surface area contributed by atoms with Gasteiger partial charge in [-0.1, -0.05) is 0 Å². The Balaban J connectivity index is 0.00000196. The Morgan fingerprint density at radius 1 is 1.67 bits per heavy atom. The van der Waals surface area contributed by atoms with Crippen molar-refractivity contribution in [2.75, 3.05) is 0 Å². The average molecular weight is 210 g/mol. The second-order valence-corrected chi connectivity index (χ2v) is 3.42. The molecule has 0 aromatic carbocycles. The van der Waals surface area contributed by atoms with Gasteiger partial charge in [-0.25, -0.2) is 0 Å². The normalized spacial score (nSPS) is 26.4. The van der Waals surface area contributed by atoms with Gasteiger partial charge in [0.1, 0.15) is 11.8 Å². The summed E-state index contributed by atoms with van der Waals surface area (Å²) in [5.41, 5.74) is 4.03. The van der Waals surface area contributed by atoms with Gasteiger partial charge < -0.3 is 21.1 Å². The first kappa shape index (κ1) is 13.7. The number of nitrogens with two attached hydrogens (primary N) is 1. The van der Waals surface area contributed by atoms with E-state index in [1.807, 2.05) is 0 Å². The largest absolute Gasteiger partial charge is 0.508 e. The summed E-state index contributed by atoms with van der Waals surface area (Å²) in [5.74, 6) is -1.08. The second-order valence-electron chi connectivity index (χ2n) is 3.42. The van der Waals surface area contributed by atoms with Crippen LogP contribution >= 0.6 is 0 Å². The van der Waals surface area contributed by atoms with E-state index in [2.05, 4.69) is 0 Å². The lowest BCUT2D eigenvalue weighted by Gasteiger charge is -2.27. The lowest BCUT2D eigenvalue weighted by molar-refractivity contribution is -0.139. The van der Waals surface area contributed by atoms with E-state index in [1.54, 1.807) is 0 Å². The SMILES string of the molecule is NC(CC1(O)C=CC(O)=CC1)C(=O)O.[B]. The van der Waals surface area contributed by atoms with Gasteiger partial charge in [-0.3, -0.25) is 4.79 Å². The van der Waals surface area contributed by atoms with Gasteiger partial charge >= 0.3 is 5.97 Å². The lowest BCUT2D eigenvalue weighted by atomic mass is 9.88. The number of carbonyl (C=O) groups is 1. The Kier molecular flexibility index (Phi) is 4.57. The van der Waals surface area contributed by atoms with Gasteiger partial charge in [-0.15, -0.1) is 0 Å². The smallest absolute Gasteiger partial charge is 0.320 e. The number of hydrogen-bond donors (Lipinski definition) is 4. The molecule has 0 fully saturated rings. The Bertz CT molecular complexity index is 302. The molecule has 1 aliphatic rings. The van der Waals surface area contributed by atoms with E-state index < -0.39 is 17.6 Å². The highest BCUT2D eigenvalue weighted by molar-refractivity contribution is 5.75. The molecule has 15 heavy (non-hydrogen) atoms. The summed E-state index contributed by atoms with van der Waals surface area (Å²) in [6, 6.07) is -1.10. The highest BCUT2D eigenvalue weighted by atomic mass is 16.4. The molecule has 2 unspecified atom stereocenters. The minimum atomic E-state index is -1.26. The van der Waals surface area contributed by atoms with Crippen LogP contribution in [-0.2, 0) is 4.79 Å². The van der Waals surface area contributed by atoms with Crippen molar-refractivity contribution >= 4 is 14.4 Å². The molecule has 6 heteroatoms. The second kappa shape index (κ2) is 5.00. The van der Waals surface area contributed by atoms with Crippen LogP contribution in [0.3, 0.4) is 0 Å².